The largest absolute Gasteiger partial charge is 0.530 e. The van der Waals surface area contributed by atoms with E-state index < -0.39 is 42.8 Å². The molecule has 0 aromatic heterocycles. The van der Waals surface area contributed by atoms with Gasteiger partial charge in [0.25, 0.3) is 5.70 Å². The van der Waals surface area contributed by atoms with E-state index in [0.29, 0.717) is 5.71 Å². The molecule has 1 aliphatic heterocycles. The highest BCUT2D eigenvalue weighted by Crippen LogP contribution is 2.54. The summed E-state index contributed by atoms with van der Waals surface area (Å²) >= 11 is 0. The van der Waals surface area contributed by atoms with Gasteiger partial charge in [-0.2, -0.15) is 0 Å². The molecule has 1 aromatic rings. The number of nitrogens with zero attached hydrogens (tertiary/aromatic N) is 2. The van der Waals surface area contributed by atoms with Crippen LogP contribution in [0.25, 0.3) is 0 Å². The van der Waals surface area contributed by atoms with Crippen molar-refractivity contribution >= 4 is 19.5 Å². The summed E-state index contributed by atoms with van der Waals surface area (Å²) in [5.74, 6) is -2.79. The standard InChI is InChI=1S/C21H29N2O8P/c1-12(2)29-32(27,30-13(3)4)31-17-11-9-8-10-16(17)19-18(21(24)28-7)14(5)22-15(6)20(19)23(25)26/h8-13,18-19H,1-7H3/t18?,19-/m0/s1. The number of phosphoric ester groups is 1. The van der Waals surface area contributed by atoms with Crippen molar-refractivity contribution in [3.63, 3.8) is 0 Å². The van der Waals surface area contributed by atoms with Gasteiger partial charge in [-0.3, -0.25) is 28.9 Å². The van der Waals surface area contributed by atoms with Crippen LogP contribution in [0.5, 0.6) is 5.75 Å². The highest BCUT2D eigenvalue weighted by atomic mass is 31.2. The van der Waals surface area contributed by atoms with Crippen LogP contribution in [0.1, 0.15) is 53.0 Å². The van der Waals surface area contributed by atoms with Gasteiger partial charge >= 0.3 is 13.8 Å². The summed E-state index contributed by atoms with van der Waals surface area (Å²) in [7, 11) is -2.89. The van der Waals surface area contributed by atoms with Gasteiger partial charge in [0, 0.05) is 11.3 Å². The third kappa shape index (κ3) is 5.82. The van der Waals surface area contributed by atoms with Crippen LogP contribution in [0.3, 0.4) is 0 Å². The molecule has 2 rings (SSSR count). The minimum Gasteiger partial charge on any atom is -0.468 e. The molecule has 176 valence electrons. The number of methoxy groups -OCH3 is 1. The van der Waals surface area contributed by atoms with E-state index in [2.05, 4.69) is 4.99 Å². The molecule has 0 radical (unpaired) electrons. The second-order valence-electron chi connectivity index (χ2n) is 7.84. The van der Waals surface area contributed by atoms with Crippen molar-refractivity contribution in [3.8, 4) is 5.75 Å². The molecular weight excluding hydrogens is 439 g/mol. The van der Waals surface area contributed by atoms with Crippen LogP contribution in [-0.4, -0.2) is 35.9 Å². The first-order valence-electron chi connectivity index (χ1n) is 10.1. The first-order chi connectivity index (χ1) is 14.9. The van der Waals surface area contributed by atoms with Gasteiger partial charge in [0.05, 0.1) is 30.2 Å². The van der Waals surface area contributed by atoms with E-state index in [1.807, 2.05) is 0 Å². The normalized spacial score (nSPS) is 19.2. The summed E-state index contributed by atoms with van der Waals surface area (Å²) < 4.78 is 34.9. The number of para-hydroxylation sites is 1. The summed E-state index contributed by atoms with van der Waals surface area (Å²) in [6.45, 7) is 9.81. The molecule has 0 bridgehead atoms. The molecule has 10 nitrogen and oxygen atoms in total. The van der Waals surface area contributed by atoms with Crippen molar-refractivity contribution in [2.75, 3.05) is 7.11 Å². The van der Waals surface area contributed by atoms with Gasteiger partial charge < -0.3 is 9.26 Å². The Kier molecular flexibility index (Phi) is 8.34. The molecule has 1 aromatic carbocycles. The molecule has 0 amide bonds. The Morgan fingerprint density at radius 2 is 1.69 bits per heavy atom. The third-order valence-electron chi connectivity index (χ3n) is 4.59. The lowest BCUT2D eigenvalue weighted by molar-refractivity contribution is -0.432. The number of carbonyl (C=O) groups is 1. The summed E-state index contributed by atoms with van der Waals surface area (Å²) in [6.07, 6.45) is -0.954. The van der Waals surface area contributed by atoms with E-state index in [4.69, 9.17) is 18.3 Å². The highest BCUT2D eigenvalue weighted by molar-refractivity contribution is 7.49. The fourth-order valence-electron chi connectivity index (χ4n) is 3.55. The van der Waals surface area contributed by atoms with Crippen LogP contribution < -0.4 is 4.52 Å². The van der Waals surface area contributed by atoms with Crippen LogP contribution in [0.15, 0.2) is 40.7 Å². The molecule has 2 atom stereocenters. The lowest BCUT2D eigenvalue weighted by Gasteiger charge is -2.29. The zero-order chi connectivity index (χ0) is 24.2. The predicted molar refractivity (Wildman–Crippen MR) is 118 cm³/mol. The molecule has 0 saturated carbocycles. The second kappa shape index (κ2) is 10.4. The van der Waals surface area contributed by atoms with Crippen molar-refractivity contribution in [2.24, 2.45) is 10.9 Å². The van der Waals surface area contributed by atoms with Gasteiger partial charge in [-0.1, -0.05) is 18.2 Å². The van der Waals surface area contributed by atoms with Gasteiger partial charge in [0.2, 0.25) is 0 Å². The lowest BCUT2D eigenvalue weighted by Crippen LogP contribution is -2.35. The minimum absolute atomic E-state index is 0.0397. The zero-order valence-corrected chi connectivity index (χ0v) is 20.1. The first-order valence-corrected chi connectivity index (χ1v) is 11.6. The molecule has 1 unspecified atom stereocenters. The van der Waals surface area contributed by atoms with E-state index in [1.54, 1.807) is 52.8 Å². The molecule has 0 spiro atoms. The Bertz CT molecular complexity index is 972. The maximum atomic E-state index is 13.3. The number of aliphatic imine (C=N–C) groups is 1. The van der Waals surface area contributed by atoms with Gasteiger partial charge in [-0.05, 0) is 47.6 Å². The number of allylic oxidation sites excluding steroid dienone is 2. The van der Waals surface area contributed by atoms with Gasteiger partial charge in [-0.15, -0.1) is 0 Å². The van der Waals surface area contributed by atoms with E-state index in [9.17, 15) is 19.5 Å². The van der Waals surface area contributed by atoms with Crippen LogP contribution in [0.4, 0.5) is 0 Å². The zero-order valence-electron chi connectivity index (χ0n) is 19.2. The van der Waals surface area contributed by atoms with Crippen molar-refractivity contribution in [1.82, 2.24) is 0 Å². The van der Waals surface area contributed by atoms with Crippen LogP contribution in [-0.2, 0) is 23.1 Å². The molecule has 1 heterocycles. The quantitative estimate of drug-likeness (QED) is 0.217. The first kappa shape index (κ1) is 25.7. The fraction of sp³-hybridized carbons (Fsp3) is 0.524. The second-order valence-corrected chi connectivity index (χ2v) is 9.34. The number of benzene rings is 1. The molecular formula is C21H29N2O8P. The number of nitro groups is 1. The van der Waals surface area contributed by atoms with Crippen LogP contribution >= 0.6 is 7.82 Å². The maximum Gasteiger partial charge on any atom is 0.530 e. The third-order valence-corrected chi connectivity index (χ3v) is 6.37. The van der Waals surface area contributed by atoms with Gasteiger partial charge in [-0.25, -0.2) is 4.57 Å². The summed E-state index contributed by atoms with van der Waals surface area (Å²) in [4.78, 5) is 28.2. The number of carbonyl (C=O) groups excluding carboxylic acids is 1. The highest BCUT2D eigenvalue weighted by Gasteiger charge is 2.47. The van der Waals surface area contributed by atoms with Crippen molar-refractivity contribution in [3.05, 3.63) is 51.3 Å². The van der Waals surface area contributed by atoms with Gasteiger partial charge in [0.15, 0.2) is 0 Å². The number of phosphoric acid groups is 1. The molecule has 0 saturated heterocycles. The topological polar surface area (TPSA) is 127 Å². The smallest absolute Gasteiger partial charge is 0.468 e. The number of ether oxygens (including phenoxy) is 1. The monoisotopic (exact) mass is 468 g/mol. The Morgan fingerprint density at radius 3 is 2.19 bits per heavy atom. The average Bonchev–Trinajstić information content (AvgIpc) is 2.65. The molecule has 0 fully saturated rings. The molecule has 11 heteroatoms. The van der Waals surface area contributed by atoms with Crippen molar-refractivity contribution in [1.29, 1.82) is 0 Å². The molecule has 0 aliphatic carbocycles. The lowest BCUT2D eigenvalue weighted by atomic mass is 9.78. The summed E-state index contributed by atoms with van der Waals surface area (Å²) in [5.41, 5.74) is 0.516. The van der Waals surface area contributed by atoms with E-state index in [1.165, 1.54) is 20.1 Å². The minimum atomic E-state index is -4.09. The van der Waals surface area contributed by atoms with Crippen molar-refractivity contribution < 1.29 is 32.6 Å². The molecule has 0 N–H and O–H groups in total. The summed E-state index contributed by atoms with van der Waals surface area (Å²) in [6, 6.07) is 6.33. The number of hydrogen-bond acceptors (Lipinski definition) is 9. The Morgan fingerprint density at radius 1 is 1.12 bits per heavy atom. The maximum absolute atomic E-state index is 13.3. The van der Waals surface area contributed by atoms with Crippen molar-refractivity contribution in [2.45, 2.75) is 59.7 Å². The number of hydrogen-bond donors (Lipinski definition) is 0. The summed E-state index contributed by atoms with van der Waals surface area (Å²) in [5, 5.41) is 12.0. The predicted octanol–water partition coefficient (Wildman–Crippen LogP) is 4.88. The fourth-order valence-corrected chi connectivity index (χ4v) is 5.12. The van der Waals surface area contributed by atoms with Crippen LogP contribution in [0, 0.1) is 16.0 Å². The van der Waals surface area contributed by atoms with Gasteiger partial charge in [0.1, 0.15) is 17.4 Å². The van der Waals surface area contributed by atoms with E-state index >= 15 is 0 Å². The SMILES string of the molecule is COC(=O)C1C(C)=NC(C)=C([N+](=O)[O-])[C@H]1c1ccccc1OP(=O)(OC(C)C)OC(C)C. The molecule has 32 heavy (non-hydrogen) atoms. The number of esters is 1. The number of rotatable bonds is 9. The average molecular weight is 468 g/mol. The Hall–Kier alpha value is -2.55. The Labute approximate surface area is 187 Å². The van der Waals surface area contributed by atoms with Crippen LogP contribution in [0.2, 0.25) is 0 Å². The van der Waals surface area contributed by atoms with E-state index in [0.717, 1.165) is 0 Å². The Balaban J connectivity index is 2.68. The molecule has 1 aliphatic rings. The van der Waals surface area contributed by atoms with E-state index in [-0.39, 0.29) is 22.7 Å².